The summed E-state index contributed by atoms with van der Waals surface area (Å²) >= 11 is 12.5. The Morgan fingerprint density at radius 3 is 2.17 bits per heavy atom. The van der Waals surface area contributed by atoms with Crippen molar-refractivity contribution in [3.63, 3.8) is 0 Å². The zero-order chi connectivity index (χ0) is 25.3. The van der Waals surface area contributed by atoms with E-state index in [1.807, 2.05) is 60.7 Å². The maximum absolute atomic E-state index is 13.5. The van der Waals surface area contributed by atoms with Gasteiger partial charge >= 0.3 is 5.91 Å². The highest BCUT2D eigenvalue weighted by Crippen LogP contribution is 2.39. The van der Waals surface area contributed by atoms with Crippen LogP contribution in [0.2, 0.25) is 10.0 Å². The Bertz CT molecular complexity index is 1410. The molecule has 3 aromatic carbocycles. The van der Waals surface area contributed by atoms with Crippen molar-refractivity contribution in [3.8, 4) is 22.6 Å². The number of piperidine rings is 1. The van der Waals surface area contributed by atoms with Gasteiger partial charge in [0, 0.05) is 29.2 Å². The lowest BCUT2D eigenvalue weighted by atomic mass is 9.70. The number of hydrogen-bond donors (Lipinski definition) is 0. The second-order valence-electron chi connectivity index (χ2n) is 8.98. The minimum Gasteiger partial charge on any atom is -0.432 e. The number of halogens is 2. The molecule has 7 heteroatoms. The molecule has 0 aliphatic carbocycles. The van der Waals surface area contributed by atoms with Gasteiger partial charge in [-0.1, -0.05) is 71.7 Å². The van der Waals surface area contributed by atoms with Gasteiger partial charge in [-0.2, -0.15) is 0 Å². The minimum absolute atomic E-state index is 0.00935. The van der Waals surface area contributed by atoms with E-state index in [2.05, 4.69) is 4.98 Å². The highest BCUT2D eigenvalue weighted by Gasteiger charge is 2.42. The van der Waals surface area contributed by atoms with E-state index in [0.29, 0.717) is 53.0 Å². The summed E-state index contributed by atoms with van der Waals surface area (Å²) in [5, 5.41) is 1.10. The zero-order valence-electron chi connectivity index (χ0n) is 19.7. The molecule has 1 amide bonds. The van der Waals surface area contributed by atoms with Crippen molar-refractivity contribution < 1.29 is 14.0 Å². The van der Waals surface area contributed by atoms with E-state index < -0.39 is 5.41 Å². The lowest BCUT2D eigenvalue weighted by molar-refractivity contribution is -0.124. The van der Waals surface area contributed by atoms with E-state index in [1.54, 1.807) is 30.0 Å². The first-order chi connectivity index (χ1) is 17.4. The van der Waals surface area contributed by atoms with Gasteiger partial charge < -0.3 is 9.32 Å². The van der Waals surface area contributed by atoms with Crippen molar-refractivity contribution in [1.82, 2.24) is 9.88 Å². The maximum atomic E-state index is 13.5. The van der Waals surface area contributed by atoms with Crippen molar-refractivity contribution in [2.45, 2.75) is 25.2 Å². The maximum Gasteiger partial charge on any atom is 0.309 e. The van der Waals surface area contributed by atoms with Crippen LogP contribution in [0, 0.1) is 0 Å². The molecule has 36 heavy (non-hydrogen) atoms. The Morgan fingerprint density at radius 2 is 1.53 bits per heavy atom. The van der Waals surface area contributed by atoms with Crippen molar-refractivity contribution in [2.75, 3.05) is 13.1 Å². The average molecular weight is 519 g/mol. The molecule has 1 saturated heterocycles. The summed E-state index contributed by atoms with van der Waals surface area (Å²) in [6.45, 7) is 2.48. The molecule has 0 N–H and O–H groups in total. The van der Waals surface area contributed by atoms with Gasteiger partial charge in [0.2, 0.25) is 0 Å². The van der Waals surface area contributed by atoms with Crippen LogP contribution >= 0.6 is 23.2 Å². The van der Waals surface area contributed by atoms with Crippen LogP contribution in [0.3, 0.4) is 0 Å². The highest BCUT2D eigenvalue weighted by molar-refractivity contribution is 6.33. The van der Waals surface area contributed by atoms with Crippen LogP contribution in [0.4, 0.5) is 0 Å². The fourth-order valence-electron chi connectivity index (χ4n) is 4.87. The minimum atomic E-state index is -0.591. The Hall–Kier alpha value is -3.41. The van der Waals surface area contributed by atoms with Gasteiger partial charge in [-0.3, -0.25) is 9.59 Å². The fourth-order valence-corrected chi connectivity index (χ4v) is 5.22. The Kier molecular flexibility index (Phi) is 6.69. The molecule has 0 atom stereocenters. The number of ketones is 1. The van der Waals surface area contributed by atoms with Crippen LogP contribution in [-0.2, 0) is 10.2 Å². The predicted octanol–water partition coefficient (Wildman–Crippen LogP) is 7.08. The SMILES string of the molecule is CC(=O)C1(c2ccccc2)CCN(C(=O)c2nc(-c3ccccc3Cl)c(-c3ccc(Cl)cc3)o2)CC1. The Morgan fingerprint density at radius 1 is 0.889 bits per heavy atom. The Labute approximate surface area is 219 Å². The van der Waals surface area contributed by atoms with Gasteiger partial charge in [0.15, 0.2) is 5.76 Å². The van der Waals surface area contributed by atoms with Gasteiger partial charge in [-0.25, -0.2) is 4.98 Å². The lowest BCUT2D eigenvalue weighted by Crippen LogP contribution is -2.48. The van der Waals surface area contributed by atoms with Crippen molar-refractivity contribution in [3.05, 3.63) is 100 Å². The smallest absolute Gasteiger partial charge is 0.309 e. The first kappa shape index (κ1) is 24.3. The highest BCUT2D eigenvalue weighted by atomic mass is 35.5. The number of oxazole rings is 1. The van der Waals surface area contributed by atoms with Crippen LogP contribution in [0.25, 0.3) is 22.6 Å². The van der Waals surface area contributed by atoms with Crippen molar-refractivity contribution in [1.29, 1.82) is 0 Å². The van der Waals surface area contributed by atoms with E-state index in [1.165, 1.54) is 0 Å². The molecule has 0 radical (unpaired) electrons. The molecule has 5 rings (SSSR count). The molecule has 5 nitrogen and oxygen atoms in total. The summed E-state index contributed by atoms with van der Waals surface area (Å²) in [6.07, 6.45) is 1.08. The molecular formula is C29H24Cl2N2O3. The number of amides is 1. The first-order valence-corrected chi connectivity index (χ1v) is 12.5. The monoisotopic (exact) mass is 518 g/mol. The van der Waals surface area contributed by atoms with E-state index in [9.17, 15) is 9.59 Å². The number of carbonyl (C=O) groups excluding carboxylic acids is 2. The molecule has 1 aliphatic heterocycles. The van der Waals surface area contributed by atoms with Gasteiger partial charge in [-0.15, -0.1) is 0 Å². The topological polar surface area (TPSA) is 63.4 Å². The van der Waals surface area contributed by atoms with Crippen LogP contribution < -0.4 is 0 Å². The van der Waals surface area contributed by atoms with Crippen LogP contribution in [0.1, 0.15) is 36.0 Å². The number of likely N-dealkylation sites (tertiary alicyclic amines) is 1. The largest absolute Gasteiger partial charge is 0.432 e. The number of hydrogen-bond acceptors (Lipinski definition) is 4. The summed E-state index contributed by atoms with van der Waals surface area (Å²) in [5.74, 6) is 0.240. The van der Waals surface area contributed by atoms with Gasteiger partial charge in [0.1, 0.15) is 11.5 Å². The average Bonchev–Trinajstić information content (AvgIpc) is 3.34. The number of benzene rings is 3. The second kappa shape index (κ2) is 9.92. The van der Waals surface area contributed by atoms with Gasteiger partial charge in [0.05, 0.1) is 10.4 Å². The molecule has 0 spiro atoms. The number of nitrogens with zero attached hydrogens (tertiary/aromatic N) is 2. The fraction of sp³-hybridized carbons (Fsp3) is 0.207. The van der Waals surface area contributed by atoms with Crippen LogP contribution in [0.5, 0.6) is 0 Å². The third-order valence-corrected chi connectivity index (χ3v) is 7.53. The van der Waals surface area contributed by atoms with Crippen molar-refractivity contribution >= 4 is 34.9 Å². The van der Waals surface area contributed by atoms with E-state index >= 15 is 0 Å². The summed E-state index contributed by atoms with van der Waals surface area (Å²) < 4.78 is 6.08. The summed E-state index contributed by atoms with van der Waals surface area (Å²) in [6, 6.07) is 24.3. The van der Waals surface area contributed by atoms with Crippen LogP contribution in [-0.4, -0.2) is 34.7 Å². The molecule has 0 bridgehead atoms. The lowest BCUT2D eigenvalue weighted by Gasteiger charge is -2.40. The summed E-state index contributed by atoms with van der Waals surface area (Å²) in [5.41, 5.74) is 2.30. The quantitative estimate of drug-likeness (QED) is 0.283. The standard InChI is InChI=1S/C29H24Cl2N2O3/c1-19(34)29(21-7-3-2-4-8-21)15-17-33(18-16-29)28(35)27-32-25(23-9-5-6-10-24(23)31)26(36-27)20-11-13-22(30)14-12-20/h2-14H,15-18H2,1H3. The van der Waals surface area contributed by atoms with Gasteiger partial charge in [-0.05, 0) is 55.7 Å². The summed E-state index contributed by atoms with van der Waals surface area (Å²) in [7, 11) is 0. The molecular weight excluding hydrogens is 495 g/mol. The third-order valence-electron chi connectivity index (χ3n) is 6.95. The third kappa shape index (κ3) is 4.45. The van der Waals surface area contributed by atoms with Gasteiger partial charge in [0.25, 0.3) is 5.89 Å². The number of rotatable bonds is 5. The normalized spacial score (nSPS) is 15.0. The molecule has 4 aromatic rings. The molecule has 1 aromatic heterocycles. The first-order valence-electron chi connectivity index (χ1n) is 11.8. The second-order valence-corrected chi connectivity index (χ2v) is 9.82. The zero-order valence-corrected chi connectivity index (χ0v) is 21.2. The van der Waals surface area contributed by atoms with E-state index in [-0.39, 0.29) is 17.6 Å². The summed E-state index contributed by atoms with van der Waals surface area (Å²) in [4.78, 5) is 32.6. The molecule has 1 fully saturated rings. The number of carbonyl (C=O) groups is 2. The Balaban J connectivity index is 1.47. The predicted molar refractivity (Wildman–Crippen MR) is 141 cm³/mol. The van der Waals surface area contributed by atoms with Crippen LogP contribution in [0.15, 0.2) is 83.3 Å². The molecule has 2 heterocycles. The molecule has 182 valence electrons. The van der Waals surface area contributed by atoms with Crippen molar-refractivity contribution in [2.24, 2.45) is 0 Å². The molecule has 0 unspecified atom stereocenters. The van der Waals surface area contributed by atoms with E-state index in [4.69, 9.17) is 27.6 Å². The number of aromatic nitrogens is 1. The van der Waals surface area contributed by atoms with E-state index in [0.717, 1.165) is 11.1 Å². The molecule has 0 saturated carbocycles. The molecule has 1 aliphatic rings. The number of Topliss-reactive ketones (excluding diaryl/α,β-unsaturated/α-hetero) is 1.